The molecule has 1 aliphatic heterocycles. The van der Waals surface area contributed by atoms with Crippen LogP contribution in [-0.2, 0) is 16.0 Å². The number of rotatable bonds is 6. The minimum atomic E-state index is -0.561. The Morgan fingerprint density at radius 2 is 1.63 bits per heavy atom. The van der Waals surface area contributed by atoms with Gasteiger partial charge in [-0.3, -0.25) is 9.59 Å². The van der Waals surface area contributed by atoms with E-state index in [0.717, 1.165) is 41.8 Å². The van der Waals surface area contributed by atoms with Crippen LogP contribution in [0.15, 0.2) is 48.5 Å². The van der Waals surface area contributed by atoms with Crippen LogP contribution < -0.4 is 4.74 Å². The molecule has 0 N–H and O–H groups in total. The summed E-state index contributed by atoms with van der Waals surface area (Å²) in [5.74, 6) is 1.07. The van der Waals surface area contributed by atoms with Crippen LogP contribution in [0.2, 0.25) is 0 Å². The summed E-state index contributed by atoms with van der Waals surface area (Å²) in [6.45, 7) is 3.12. The van der Waals surface area contributed by atoms with Gasteiger partial charge in [0, 0.05) is 33.6 Å². The van der Waals surface area contributed by atoms with Gasteiger partial charge in [-0.2, -0.15) is 0 Å². The summed E-state index contributed by atoms with van der Waals surface area (Å²) in [6, 6.07) is 16.4. The van der Waals surface area contributed by atoms with Crippen molar-refractivity contribution in [1.82, 2.24) is 9.80 Å². The molecule has 30 heavy (non-hydrogen) atoms. The molecule has 1 heterocycles. The van der Waals surface area contributed by atoms with Crippen molar-refractivity contribution in [1.29, 1.82) is 0 Å². The molecule has 2 amide bonds. The maximum absolute atomic E-state index is 13.2. The third-order valence-corrected chi connectivity index (χ3v) is 6.01. The summed E-state index contributed by atoms with van der Waals surface area (Å²) in [7, 11) is 5.27. The summed E-state index contributed by atoms with van der Waals surface area (Å²) < 4.78 is 5.23. The van der Waals surface area contributed by atoms with Gasteiger partial charge < -0.3 is 14.5 Å². The second-order valence-electron chi connectivity index (χ2n) is 8.35. The SMILES string of the molecule is CCC(=O)N1CCC[C@@](Cc2ccc(-c3ccc(OC)cc3)cc2)(C(=O)N(C)C)C1. The molecule has 2 aromatic carbocycles. The zero-order valence-electron chi connectivity index (χ0n) is 18.5. The van der Waals surface area contributed by atoms with Gasteiger partial charge in [-0.05, 0) is 48.1 Å². The second-order valence-corrected chi connectivity index (χ2v) is 8.35. The molecule has 1 atom stereocenters. The molecule has 5 nitrogen and oxygen atoms in total. The highest BCUT2D eigenvalue weighted by Crippen LogP contribution is 2.36. The lowest BCUT2D eigenvalue weighted by molar-refractivity contribution is -0.147. The van der Waals surface area contributed by atoms with Gasteiger partial charge in [0.05, 0.1) is 12.5 Å². The van der Waals surface area contributed by atoms with E-state index < -0.39 is 5.41 Å². The van der Waals surface area contributed by atoms with Crippen molar-refractivity contribution in [2.75, 3.05) is 34.3 Å². The number of ether oxygens (including phenoxy) is 1. The van der Waals surface area contributed by atoms with E-state index in [4.69, 9.17) is 4.74 Å². The number of hydrogen-bond acceptors (Lipinski definition) is 3. The minimum absolute atomic E-state index is 0.107. The molecule has 0 spiro atoms. The van der Waals surface area contributed by atoms with Crippen LogP contribution in [0.4, 0.5) is 0 Å². The van der Waals surface area contributed by atoms with Gasteiger partial charge in [0.1, 0.15) is 5.75 Å². The lowest BCUT2D eigenvalue weighted by Gasteiger charge is -2.43. The molecule has 0 unspecified atom stereocenters. The van der Waals surface area contributed by atoms with Crippen molar-refractivity contribution in [2.24, 2.45) is 5.41 Å². The van der Waals surface area contributed by atoms with Gasteiger partial charge in [-0.1, -0.05) is 43.3 Å². The van der Waals surface area contributed by atoms with Gasteiger partial charge in [-0.15, -0.1) is 0 Å². The standard InChI is InChI=1S/C25H32N2O3/c1-5-23(28)27-16-6-15-25(18-27,24(29)26(2)3)17-19-7-9-20(10-8-19)21-11-13-22(30-4)14-12-21/h7-14H,5-6,15-18H2,1-4H3/t25-/m0/s1. The maximum Gasteiger partial charge on any atom is 0.230 e. The number of methoxy groups -OCH3 is 1. The quantitative estimate of drug-likeness (QED) is 0.726. The fourth-order valence-corrected chi connectivity index (χ4v) is 4.43. The third kappa shape index (κ3) is 4.66. The van der Waals surface area contributed by atoms with E-state index in [-0.39, 0.29) is 11.8 Å². The Labute approximate surface area is 179 Å². The summed E-state index contributed by atoms with van der Waals surface area (Å²) in [5, 5.41) is 0. The Bertz CT molecular complexity index is 874. The summed E-state index contributed by atoms with van der Waals surface area (Å²) in [5.41, 5.74) is 2.81. The molecular weight excluding hydrogens is 376 g/mol. The normalized spacial score (nSPS) is 18.7. The first-order valence-corrected chi connectivity index (χ1v) is 10.6. The van der Waals surface area contributed by atoms with Crippen LogP contribution >= 0.6 is 0 Å². The van der Waals surface area contributed by atoms with Crippen molar-refractivity contribution in [2.45, 2.75) is 32.6 Å². The van der Waals surface area contributed by atoms with E-state index in [1.54, 1.807) is 26.1 Å². The average Bonchev–Trinajstić information content (AvgIpc) is 2.78. The highest BCUT2D eigenvalue weighted by molar-refractivity contribution is 5.84. The molecular formula is C25H32N2O3. The van der Waals surface area contributed by atoms with Gasteiger partial charge in [-0.25, -0.2) is 0 Å². The number of piperidine rings is 1. The van der Waals surface area contributed by atoms with Crippen LogP contribution in [0, 0.1) is 5.41 Å². The topological polar surface area (TPSA) is 49.9 Å². The molecule has 0 bridgehead atoms. The Kier molecular flexibility index (Phi) is 6.80. The van der Waals surface area contributed by atoms with E-state index in [1.807, 2.05) is 36.1 Å². The van der Waals surface area contributed by atoms with Crippen LogP contribution in [0.25, 0.3) is 11.1 Å². The number of amides is 2. The van der Waals surface area contributed by atoms with Crippen molar-refractivity contribution in [3.63, 3.8) is 0 Å². The smallest absolute Gasteiger partial charge is 0.230 e. The van der Waals surface area contributed by atoms with E-state index in [2.05, 4.69) is 24.3 Å². The Morgan fingerprint density at radius 1 is 1.03 bits per heavy atom. The highest BCUT2D eigenvalue weighted by Gasteiger charge is 2.44. The van der Waals surface area contributed by atoms with E-state index in [1.165, 1.54) is 0 Å². The van der Waals surface area contributed by atoms with Crippen molar-refractivity contribution < 1.29 is 14.3 Å². The minimum Gasteiger partial charge on any atom is -0.497 e. The Morgan fingerprint density at radius 3 is 2.17 bits per heavy atom. The average molecular weight is 409 g/mol. The summed E-state index contributed by atoms with van der Waals surface area (Å²) >= 11 is 0. The van der Waals surface area contributed by atoms with Crippen molar-refractivity contribution in [3.8, 4) is 16.9 Å². The number of nitrogens with zero attached hydrogens (tertiary/aromatic N) is 2. The molecule has 0 aliphatic carbocycles. The molecule has 0 radical (unpaired) electrons. The van der Waals surface area contributed by atoms with Crippen LogP contribution in [-0.4, -0.2) is 55.9 Å². The van der Waals surface area contributed by atoms with Crippen LogP contribution in [0.1, 0.15) is 31.7 Å². The van der Waals surface area contributed by atoms with E-state index in [9.17, 15) is 9.59 Å². The zero-order valence-corrected chi connectivity index (χ0v) is 18.5. The molecule has 160 valence electrons. The number of carbonyl (C=O) groups excluding carboxylic acids is 2. The molecule has 2 aromatic rings. The van der Waals surface area contributed by atoms with Crippen molar-refractivity contribution in [3.05, 3.63) is 54.1 Å². The highest BCUT2D eigenvalue weighted by atomic mass is 16.5. The number of benzene rings is 2. The summed E-state index contributed by atoms with van der Waals surface area (Å²) in [6.07, 6.45) is 2.77. The fourth-order valence-electron chi connectivity index (χ4n) is 4.43. The number of carbonyl (C=O) groups is 2. The molecule has 5 heteroatoms. The first kappa shape index (κ1) is 21.9. The molecule has 1 aliphatic rings. The summed E-state index contributed by atoms with van der Waals surface area (Å²) in [4.78, 5) is 29.1. The third-order valence-electron chi connectivity index (χ3n) is 6.01. The van der Waals surface area contributed by atoms with E-state index in [0.29, 0.717) is 19.4 Å². The molecule has 1 fully saturated rings. The van der Waals surface area contributed by atoms with Gasteiger partial charge in [0.25, 0.3) is 0 Å². The Hall–Kier alpha value is -2.82. The molecule has 0 aromatic heterocycles. The van der Waals surface area contributed by atoms with Crippen LogP contribution in [0.5, 0.6) is 5.75 Å². The molecule has 1 saturated heterocycles. The lowest BCUT2D eigenvalue weighted by Crippen LogP contribution is -2.54. The van der Waals surface area contributed by atoms with Gasteiger partial charge >= 0.3 is 0 Å². The number of hydrogen-bond donors (Lipinski definition) is 0. The van der Waals surface area contributed by atoms with Gasteiger partial charge in [0.15, 0.2) is 0 Å². The first-order chi connectivity index (χ1) is 14.4. The first-order valence-electron chi connectivity index (χ1n) is 10.6. The lowest BCUT2D eigenvalue weighted by atomic mass is 9.73. The maximum atomic E-state index is 13.2. The predicted molar refractivity (Wildman–Crippen MR) is 119 cm³/mol. The largest absolute Gasteiger partial charge is 0.497 e. The van der Waals surface area contributed by atoms with Crippen molar-refractivity contribution >= 4 is 11.8 Å². The number of likely N-dealkylation sites (tertiary alicyclic amines) is 1. The monoisotopic (exact) mass is 408 g/mol. The van der Waals surface area contributed by atoms with E-state index >= 15 is 0 Å². The zero-order chi connectivity index (χ0) is 21.7. The predicted octanol–water partition coefficient (Wildman–Crippen LogP) is 4.01. The molecule has 3 rings (SSSR count). The van der Waals surface area contributed by atoms with Crippen LogP contribution in [0.3, 0.4) is 0 Å². The fraction of sp³-hybridized carbons (Fsp3) is 0.440. The Balaban J connectivity index is 1.83. The second kappa shape index (κ2) is 9.33. The molecule has 0 saturated carbocycles. The van der Waals surface area contributed by atoms with Gasteiger partial charge in [0.2, 0.25) is 11.8 Å².